The van der Waals surface area contributed by atoms with Crippen LogP contribution in [0, 0.1) is 5.92 Å². The summed E-state index contributed by atoms with van der Waals surface area (Å²) in [5.74, 6) is 0.624. The van der Waals surface area contributed by atoms with Crippen LogP contribution in [0.2, 0.25) is 0 Å². The Labute approximate surface area is 188 Å². The van der Waals surface area contributed by atoms with Crippen LogP contribution < -0.4 is 15.4 Å². The number of aromatic amines is 1. The molecule has 2 amide bonds. The van der Waals surface area contributed by atoms with Crippen molar-refractivity contribution in [3.8, 4) is 5.75 Å². The number of aromatic nitrogens is 1. The molecule has 0 radical (unpaired) electrons. The fourth-order valence-electron chi connectivity index (χ4n) is 4.19. The third-order valence-electron chi connectivity index (χ3n) is 6.03. The van der Waals surface area contributed by atoms with Gasteiger partial charge in [0.2, 0.25) is 0 Å². The Kier molecular flexibility index (Phi) is 6.90. The quantitative estimate of drug-likeness (QED) is 0.477. The highest BCUT2D eigenvalue weighted by molar-refractivity contribution is 6.06. The molecule has 32 heavy (non-hydrogen) atoms. The van der Waals surface area contributed by atoms with Crippen LogP contribution in [0.1, 0.15) is 48.0 Å². The van der Waals surface area contributed by atoms with E-state index in [0.717, 1.165) is 35.1 Å². The Balaban J connectivity index is 1.60. The van der Waals surface area contributed by atoms with Crippen LogP contribution in [0.4, 0.5) is 0 Å². The molecule has 0 saturated heterocycles. The lowest BCUT2D eigenvalue weighted by atomic mass is 9.89. The second-order valence-electron chi connectivity index (χ2n) is 8.25. The van der Waals surface area contributed by atoms with Gasteiger partial charge in [-0.15, -0.1) is 0 Å². The maximum absolute atomic E-state index is 13.1. The molecule has 3 N–H and O–H groups in total. The average molecular weight is 432 g/mol. The summed E-state index contributed by atoms with van der Waals surface area (Å²) in [5, 5.41) is 6.77. The van der Waals surface area contributed by atoms with Crippen molar-refractivity contribution in [2.45, 2.75) is 32.1 Å². The van der Waals surface area contributed by atoms with Crippen LogP contribution in [-0.2, 0) is 4.79 Å². The minimum absolute atomic E-state index is 0.221. The van der Waals surface area contributed by atoms with Crippen LogP contribution >= 0.6 is 0 Å². The maximum Gasteiger partial charge on any atom is 0.267 e. The van der Waals surface area contributed by atoms with E-state index in [1.165, 1.54) is 19.3 Å². The first-order chi connectivity index (χ1) is 15.6. The zero-order valence-corrected chi connectivity index (χ0v) is 18.3. The summed E-state index contributed by atoms with van der Waals surface area (Å²) < 4.78 is 5.34. The Bertz CT molecular complexity index is 1110. The van der Waals surface area contributed by atoms with E-state index in [1.54, 1.807) is 37.5 Å². The first kappa shape index (κ1) is 21.7. The number of hydrogen-bond donors (Lipinski definition) is 3. The number of nitrogens with one attached hydrogen (secondary N) is 3. The third-order valence-corrected chi connectivity index (χ3v) is 6.03. The predicted octanol–water partition coefficient (Wildman–Crippen LogP) is 4.64. The highest BCUT2D eigenvalue weighted by Gasteiger charge is 2.18. The molecule has 4 rings (SSSR count). The number of carbonyl (C=O) groups is 2. The molecule has 3 aromatic rings. The number of fused-ring (bicyclic) bond motifs is 1. The van der Waals surface area contributed by atoms with Gasteiger partial charge in [-0.2, -0.15) is 0 Å². The van der Waals surface area contributed by atoms with E-state index < -0.39 is 0 Å². The van der Waals surface area contributed by atoms with E-state index in [-0.39, 0.29) is 17.5 Å². The Morgan fingerprint density at radius 1 is 1.09 bits per heavy atom. The Morgan fingerprint density at radius 3 is 2.62 bits per heavy atom. The number of carbonyl (C=O) groups excluding carboxylic acids is 2. The van der Waals surface area contributed by atoms with Gasteiger partial charge in [-0.25, -0.2) is 0 Å². The molecule has 1 fully saturated rings. The highest BCUT2D eigenvalue weighted by Crippen LogP contribution is 2.26. The summed E-state index contributed by atoms with van der Waals surface area (Å²) in [6.07, 6.45) is 9.52. The van der Waals surface area contributed by atoms with Crippen molar-refractivity contribution in [2.75, 3.05) is 13.7 Å². The van der Waals surface area contributed by atoms with Crippen LogP contribution in [0.3, 0.4) is 0 Å². The van der Waals surface area contributed by atoms with Gasteiger partial charge in [0, 0.05) is 34.8 Å². The lowest BCUT2D eigenvalue weighted by Gasteiger charge is -2.22. The largest absolute Gasteiger partial charge is 0.497 e. The Hall–Kier alpha value is -3.54. The lowest BCUT2D eigenvalue weighted by Crippen LogP contribution is -2.37. The zero-order valence-electron chi connectivity index (χ0n) is 18.3. The van der Waals surface area contributed by atoms with Crippen molar-refractivity contribution in [1.29, 1.82) is 0 Å². The summed E-state index contributed by atoms with van der Waals surface area (Å²) in [4.78, 5) is 29.1. The number of ether oxygens (including phenoxy) is 1. The SMILES string of the molecule is COc1ccc2[nH]cc(/C=C(\NC(=O)c3ccccc3)C(=O)NCC3CCCCC3)c2c1. The van der Waals surface area contributed by atoms with Crippen LogP contribution in [0.25, 0.3) is 17.0 Å². The van der Waals surface area contributed by atoms with Crippen molar-refractivity contribution < 1.29 is 14.3 Å². The monoisotopic (exact) mass is 431 g/mol. The molecule has 2 aromatic carbocycles. The standard InChI is InChI=1S/C26H29N3O3/c1-32-21-12-13-23-22(15-21)20(17-27-23)14-24(29-25(30)19-10-6-3-7-11-19)26(31)28-16-18-8-4-2-5-9-18/h3,6-7,10-15,17-18,27H,2,4-5,8-9,16H2,1H3,(H,28,31)(H,29,30)/b24-14-. The number of amides is 2. The highest BCUT2D eigenvalue weighted by atomic mass is 16.5. The smallest absolute Gasteiger partial charge is 0.267 e. The van der Waals surface area contributed by atoms with E-state index >= 15 is 0 Å². The molecule has 0 atom stereocenters. The molecule has 1 aromatic heterocycles. The summed E-state index contributed by atoms with van der Waals surface area (Å²) >= 11 is 0. The minimum atomic E-state index is -0.318. The summed E-state index contributed by atoms with van der Waals surface area (Å²) in [5.41, 5.74) is 2.45. The van der Waals surface area contributed by atoms with Gasteiger partial charge in [-0.05, 0) is 55.2 Å². The van der Waals surface area contributed by atoms with E-state index in [0.29, 0.717) is 18.0 Å². The van der Waals surface area contributed by atoms with Gasteiger partial charge in [0.25, 0.3) is 11.8 Å². The second kappa shape index (κ2) is 10.2. The zero-order chi connectivity index (χ0) is 22.3. The maximum atomic E-state index is 13.1. The van der Waals surface area contributed by atoms with Gasteiger partial charge in [-0.3, -0.25) is 9.59 Å². The summed E-state index contributed by atoms with van der Waals surface area (Å²) in [7, 11) is 1.62. The van der Waals surface area contributed by atoms with E-state index in [9.17, 15) is 9.59 Å². The summed E-state index contributed by atoms with van der Waals surface area (Å²) in [6.45, 7) is 0.624. The van der Waals surface area contributed by atoms with Crippen LogP contribution in [0.15, 0.2) is 60.4 Å². The van der Waals surface area contributed by atoms with Crippen molar-refractivity contribution in [1.82, 2.24) is 15.6 Å². The van der Waals surface area contributed by atoms with Crippen molar-refractivity contribution in [2.24, 2.45) is 5.92 Å². The fraction of sp³-hybridized carbons (Fsp3) is 0.308. The number of rotatable bonds is 7. The van der Waals surface area contributed by atoms with E-state index in [4.69, 9.17) is 4.74 Å². The molecule has 166 valence electrons. The average Bonchev–Trinajstić information content (AvgIpc) is 3.25. The number of hydrogen-bond acceptors (Lipinski definition) is 3. The first-order valence-corrected chi connectivity index (χ1v) is 11.2. The number of methoxy groups -OCH3 is 1. The van der Waals surface area contributed by atoms with E-state index in [1.807, 2.05) is 30.5 Å². The molecular formula is C26H29N3O3. The number of benzene rings is 2. The molecule has 1 saturated carbocycles. The van der Waals surface area contributed by atoms with Gasteiger partial charge in [-0.1, -0.05) is 37.5 Å². The fourth-order valence-corrected chi connectivity index (χ4v) is 4.19. The molecule has 1 aliphatic rings. The first-order valence-electron chi connectivity index (χ1n) is 11.2. The molecule has 0 spiro atoms. The molecule has 0 aliphatic heterocycles. The van der Waals surface area contributed by atoms with Gasteiger partial charge >= 0.3 is 0 Å². The summed E-state index contributed by atoms with van der Waals surface area (Å²) in [6, 6.07) is 14.6. The van der Waals surface area contributed by atoms with Gasteiger partial charge in [0.05, 0.1) is 7.11 Å². The third kappa shape index (κ3) is 5.19. The molecule has 6 heteroatoms. The lowest BCUT2D eigenvalue weighted by molar-refractivity contribution is -0.117. The molecule has 0 bridgehead atoms. The van der Waals surface area contributed by atoms with Crippen molar-refractivity contribution >= 4 is 28.8 Å². The number of H-pyrrole nitrogens is 1. The molecular weight excluding hydrogens is 402 g/mol. The van der Waals surface area contributed by atoms with Gasteiger partial charge in [0.1, 0.15) is 11.4 Å². The van der Waals surface area contributed by atoms with E-state index in [2.05, 4.69) is 15.6 Å². The minimum Gasteiger partial charge on any atom is -0.497 e. The molecule has 1 aliphatic carbocycles. The predicted molar refractivity (Wildman–Crippen MR) is 126 cm³/mol. The molecule has 1 heterocycles. The Morgan fingerprint density at radius 2 is 1.88 bits per heavy atom. The molecule has 0 unspecified atom stereocenters. The molecule has 6 nitrogen and oxygen atoms in total. The van der Waals surface area contributed by atoms with Gasteiger partial charge < -0.3 is 20.4 Å². The second-order valence-corrected chi connectivity index (χ2v) is 8.25. The normalized spacial score (nSPS) is 14.8. The van der Waals surface area contributed by atoms with Gasteiger partial charge in [0.15, 0.2) is 0 Å². The van der Waals surface area contributed by atoms with Crippen molar-refractivity contribution in [3.05, 3.63) is 71.6 Å². The van der Waals surface area contributed by atoms with Crippen molar-refractivity contribution in [3.63, 3.8) is 0 Å². The van der Waals surface area contributed by atoms with Crippen LogP contribution in [0.5, 0.6) is 5.75 Å². The topological polar surface area (TPSA) is 83.2 Å². The van der Waals surface area contributed by atoms with Crippen LogP contribution in [-0.4, -0.2) is 30.5 Å².